The highest BCUT2D eigenvalue weighted by atomic mass is 16.5. The van der Waals surface area contributed by atoms with Crippen molar-refractivity contribution in [3.63, 3.8) is 0 Å². The summed E-state index contributed by atoms with van der Waals surface area (Å²) in [6.07, 6.45) is 5.27. The van der Waals surface area contributed by atoms with Gasteiger partial charge in [-0.05, 0) is 57.9 Å². The number of rotatable bonds is 6. The second-order valence-corrected chi connectivity index (χ2v) is 8.92. The van der Waals surface area contributed by atoms with E-state index in [9.17, 15) is 9.59 Å². The molecule has 1 N–H and O–H groups in total. The summed E-state index contributed by atoms with van der Waals surface area (Å²) in [5.74, 6) is -0.483. The minimum atomic E-state index is -0.471. The molecule has 6 aromatic rings. The van der Waals surface area contributed by atoms with Crippen LogP contribution in [0.2, 0.25) is 0 Å². The van der Waals surface area contributed by atoms with Gasteiger partial charge in [-0.15, -0.1) is 0 Å². The molecule has 0 bridgehead atoms. The first-order chi connectivity index (χ1) is 19.2. The Morgan fingerprint density at radius 1 is 0.667 bits per heavy atom. The van der Waals surface area contributed by atoms with Crippen LogP contribution in [0.1, 0.15) is 26.3 Å². The van der Waals surface area contributed by atoms with Gasteiger partial charge in [0.2, 0.25) is 0 Å². The summed E-state index contributed by atoms with van der Waals surface area (Å²) in [6.45, 7) is 0. The van der Waals surface area contributed by atoms with Crippen molar-refractivity contribution in [1.82, 2.24) is 9.99 Å². The molecule has 0 saturated carbocycles. The van der Waals surface area contributed by atoms with Crippen LogP contribution < -0.4 is 10.2 Å². The van der Waals surface area contributed by atoms with E-state index in [4.69, 9.17) is 4.74 Å². The summed E-state index contributed by atoms with van der Waals surface area (Å²) in [5.41, 5.74) is 4.90. The number of hydrogen-bond acceptors (Lipinski definition) is 4. The number of hydrazone groups is 1. The van der Waals surface area contributed by atoms with Crippen LogP contribution in [0, 0.1) is 0 Å². The first-order valence-corrected chi connectivity index (χ1v) is 12.5. The summed E-state index contributed by atoms with van der Waals surface area (Å²) >= 11 is 0. The second-order valence-electron chi connectivity index (χ2n) is 8.92. The zero-order valence-electron chi connectivity index (χ0n) is 20.8. The molecule has 6 rings (SSSR count). The zero-order valence-corrected chi connectivity index (χ0v) is 20.8. The number of esters is 1. The topological polar surface area (TPSA) is 72.7 Å². The van der Waals surface area contributed by atoms with E-state index in [-0.39, 0.29) is 5.91 Å². The molecule has 1 amide bonds. The molecule has 0 spiro atoms. The number of carbonyl (C=O) groups excluding carboxylic acids is 2. The summed E-state index contributed by atoms with van der Waals surface area (Å²) in [5, 5.41) is 7.82. The smallest absolute Gasteiger partial charge is 0.344 e. The maximum atomic E-state index is 13.3. The minimum Gasteiger partial charge on any atom is -0.422 e. The summed E-state index contributed by atoms with van der Waals surface area (Å²) in [6, 6.07) is 35.7. The lowest BCUT2D eigenvalue weighted by atomic mass is 10.0. The van der Waals surface area contributed by atoms with Crippen LogP contribution in [0.4, 0.5) is 0 Å². The van der Waals surface area contributed by atoms with E-state index in [1.807, 2.05) is 108 Å². The Hall–Kier alpha value is -5.49. The molecule has 1 aromatic heterocycles. The van der Waals surface area contributed by atoms with E-state index in [0.717, 1.165) is 27.2 Å². The first kappa shape index (κ1) is 23.9. The molecule has 5 aromatic carbocycles. The largest absolute Gasteiger partial charge is 0.422 e. The molecule has 6 heteroatoms. The normalized spacial score (nSPS) is 11.2. The third kappa shape index (κ3) is 4.79. The molecular formula is C33H23N3O3. The van der Waals surface area contributed by atoms with E-state index >= 15 is 0 Å². The van der Waals surface area contributed by atoms with Gasteiger partial charge >= 0.3 is 5.97 Å². The minimum absolute atomic E-state index is 0.345. The van der Waals surface area contributed by atoms with Crippen LogP contribution in [0.3, 0.4) is 0 Å². The molecule has 1 heterocycles. The Morgan fingerprint density at radius 2 is 1.31 bits per heavy atom. The van der Waals surface area contributed by atoms with Crippen molar-refractivity contribution in [1.29, 1.82) is 0 Å². The number of carbonyl (C=O) groups is 2. The Morgan fingerprint density at radius 3 is 2.13 bits per heavy atom. The predicted molar refractivity (Wildman–Crippen MR) is 154 cm³/mol. The standard InChI is InChI=1S/C33H23N3O3/c37-32(28-15-5-6-17-30(28)36-20-7-8-21-36)35-34-22-29-26-14-4-2-11-24(26)18-19-31(29)39-33(38)27-16-9-12-23-10-1-3-13-25(23)27/h1-22H,(H,35,37). The fourth-order valence-corrected chi connectivity index (χ4v) is 4.66. The third-order valence-electron chi connectivity index (χ3n) is 6.53. The van der Waals surface area contributed by atoms with Crippen LogP contribution in [0.5, 0.6) is 5.75 Å². The SMILES string of the molecule is O=C(NN=Cc1c(OC(=O)c2cccc3ccccc23)ccc2ccccc12)c1ccccc1-n1cccc1. The number of nitrogens with one attached hydrogen (secondary N) is 1. The van der Waals surface area contributed by atoms with Gasteiger partial charge in [-0.1, -0.05) is 78.9 Å². The summed E-state index contributed by atoms with van der Waals surface area (Å²) in [7, 11) is 0. The van der Waals surface area contributed by atoms with Gasteiger partial charge in [0.1, 0.15) is 5.75 Å². The average Bonchev–Trinajstić information content (AvgIpc) is 3.53. The number of fused-ring (bicyclic) bond motifs is 2. The lowest BCUT2D eigenvalue weighted by Gasteiger charge is -2.12. The Bertz CT molecular complexity index is 1850. The van der Waals surface area contributed by atoms with Crippen molar-refractivity contribution < 1.29 is 14.3 Å². The number of amides is 1. The van der Waals surface area contributed by atoms with Crippen molar-refractivity contribution >= 4 is 39.6 Å². The van der Waals surface area contributed by atoms with E-state index < -0.39 is 5.97 Å². The molecule has 0 atom stereocenters. The van der Waals surface area contributed by atoms with E-state index in [0.29, 0.717) is 22.4 Å². The Kier molecular flexibility index (Phi) is 6.41. The number of hydrogen-bond donors (Lipinski definition) is 1. The van der Waals surface area contributed by atoms with Crippen molar-refractivity contribution in [2.45, 2.75) is 0 Å². The van der Waals surface area contributed by atoms with Crippen molar-refractivity contribution in [2.24, 2.45) is 5.10 Å². The van der Waals surface area contributed by atoms with E-state index in [1.54, 1.807) is 24.3 Å². The molecule has 0 fully saturated rings. The fraction of sp³-hybridized carbons (Fsp3) is 0. The Balaban J connectivity index is 1.32. The molecular weight excluding hydrogens is 486 g/mol. The van der Waals surface area contributed by atoms with Crippen LogP contribution in [-0.2, 0) is 0 Å². The average molecular weight is 510 g/mol. The molecule has 0 unspecified atom stereocenters. The first-order valence-electron chi connectivity index (χ1n) is 12.5. The van der Waals surface area contributed by atoms with Crippen molar-refractivity contribution in [3.05, 3.63) is 144 Å². The van der Waals surface area contributed by atoms with Gasteiger partial charge in [0, 0.05) is 18.0 Å². The van der Waals surface area contributed by atoms with Crippen LogP contribution in [-0.4, -0.2) is 22.7 Å². The van der Waals surface area contributed by atoms with Gasteiger partial charge in [0.25, 0.3) is 5.91 Å². The predicted octanol–water partition coefficient (Wildman–Crippen LogP) is 6.77. The van der Waals surface area contributed by atoms with Crippen molar-refractivity contribution in [2.75, 3.05) is 0 Å². The number of para-hydroxylation sites is 1. The molecule has 0 radical (unpaired) electrons. The second kappa shape index (κ2) is 10.5. The quantitative estimate of drug-likeness (QED) is 0.117. The maximum Gasteiger partial charge on any atom is 0.344 e. The van der Waals surface area contributed by atoms with Gasteiger partial charge in [0.15, 0.2) is 0 Å². The van der Waals surface area contributed by atoms with Gasteiger partial charge in [-0.25, -0.2) is 10.2 Å². The van der Waals surface area contributed by atoms with Gasteiger partial charge < -0.3 is 9.30 Å². The number of nitrogens with zero attached hydrogens (tertiary/aromatic N) is 2. The van der Waals surface area contributed by atoms with Crippen molar-refractivity contribution in [3.8, 4) is 11.4 Å². The third-order valence-corrected chi connectivity index (χ3v) is 6.53. The van der Waals surface area contributed by atoms with Gasteiger partial charge in [-0.3, -0.25) is 4.79 Å². The highest BCUT2D eigenvalue weighted by Crippen LogP contribution is 2.28. The lowest BCUT2D eigenvalue weighted by molar-refractivity contribution is 0.0736. The molecule has 0 aliphatic heterocycles. The van der Waals surface area contributed by atoms with Crippen LogP contribution in [0.25, 0.3) is 27.2 Å². The number of benzene rings is 5. The van der Waals surface area contributed by atoms with E-state index in [1.165, 1.54) is 6.21 Å². The summed E-state index contributed by atoms with van der Waals surface area (Å²) < 4.78 is 7.78. The fourth-order valence-electron chi connectivity index (χ4n) is 4.66. The van der Waals surface area contributed by atoms with Gasteiger partial charge in [-0.2, -0.15) is 5.10 Å². The van der Waals surface area contributed by atoms with Gasteiger partial charge in [0.05, 0.1) is 23.0 Å². The maximum absolute atomic E-state index is 13.3. The molecule has 188 valence electrons. The molecule has 0 saturated heterocycles. The molecule has 6 nitrogen and oxygen atoms in total. The highest BCUT2D eigenvalue weighted by Gasteiger charge is 2.16. The highest BCUT2D eigenvalue weighted by molar-refractivity contribution is 6.08. The molecule has 0 aliphatic rings. The number of aromatic nitrogens is 1. The Labute approximate surface area is 224 Å². The molecule has 39 heavy (non-hydrogen) atoms. The zero-order chi connectivity index (χ0) is 26.6. The van der Waals surface area contributed by atoms with E-state index in [2.05, 4.69) is 10.5 Å². The number of ether oxygens (including phenoxy) is 1. The van der Waals surface area contributed by atoms with Crippen LogP contribution in [0.15, 0.2) is 133 Å². The van der Waals surface area contributed by atoms with Crippen LogP contribution >= 0.6 is 0 Å². The summed E-state index contributed by atoms with van der Waals surface area (Å²) in [4.78, 5) is 26.4. The lowest BCUT2D eigenvalue weighted by Crippen LogP contribution is -2.19. The monoisotopic (exact) mass is 509 g/mol. The molecule has 0 aliphatic carbocycles.